The molecule has 0 aliphatic rings. The van der Waals surface area contributed by atoms with E-state index >= 15 is 0 Å². The molecule has 2 aromatic rings. The lowest BCUT2D eigenvalue weighted by atomic mass is 10.1. The molecule has 0 unspecified atom stereocenters. The molecule has 0 bridgehead atoms. The van der Waals surface area contributed by atoms with Crippen molar-refractivity contribution < 1.29 is 14.3 Å². The van der Waals surface area contributed by atoms with Gasteiger partial charge < -0.3 is 10.1 Å². The summed E-state index contributed by atoms with van der Waals surface area (Å²) in [5.41, 5.74) is 1.99. The third-order valence-electron chi connectivity index (χ3n) is 3.38. The Morgan fingerprint density at radius 2 is 2.08 bits per heavy atom. The summed E-state index contributed by atoms with van der Waals surface area (Å²) in [5.74, 6) is -0.902. The van der Waals surface area contributed by atoms with E-state index < -0.39 is 11.9 Å². The minimum atomic E-state index is -0.504. The number of nitrogens with one attached hydrogen (secondary N) is 1. The third-order valence-corrected chi connectivity index (χ3v) is 4.97. The standard InChI is InChI=1S/C17H15ClN2O3S/c1-4-23-17(22)14-10(3)12(8-19)16(24-14)20-15(21)11-6-5-9(2)13(18)7-11/h5-7H,4H2,1-3H3,(H,20,21). The highest BCUT2D eigenvalue weighted by molar-refractivity contribution is 7.18. The fraction of sp³-hybridized carbons (Fsp3) is 0.235. The van der Waals surface area contributed by atoms with Gasteiger partial charge in [-0.05, 0) is 44.0 Å². The van der Waals surface area contributed by atoms with Crippen LogP contribution in [0.15, 0.2) is 18.2 Å². The van der Waals surface area contributed by atoms with Crippen molar-refractivity contribution in [2.75, 3.05) is 11.9 Å². The van der Waals surface area contributed by atoms with Gasteiger partial charge in [0.15, 0.2) is 0 Å². The van der Waals surface area contributed by atoms with Crippen LogP contribution in [-0.2, 0) is 4.74 Å². The molecule has 2 rings (SSSR count). The lowest BCUT2D eigenvalue weighted by molar-refractivity contribution is 0.0531. The SMILES string of the molecule is CCOC(=O)c1sc(NC(=O)c2ccc(C)c(Cl)c2)c(C#N)c1C. The van der Waals surface area contributed by atoms with Crippen molar-refractivity contribution in [1.82, 2.24) is 0 Å². The van der Waals surface area contributed by atoms with Crippen molar-refractivity contribution in [3.8, 4) is 6.07 Å². The fourth-order valence-electron chi connectivity index (χ4n) is 2.04. The summed E-state index contributed by atoms with van der Waals surface area (Å²) >= 11 is 7.06. The zero-order valence-electron chi connectivity index (χ0n) is 13.4. The second kappa shape index (κ2) is 7.47. The molecule has 0 saturated carbocycles. The third kappa shape index (κ3) is 3.58. The molecule has 1 aromatic carbocycles. The Balaban J connectivity index is 2.33. The van der Waals surface area contributed by atoms with Crippen LogP contribution in [0.5, 0.6) is 0 Å². The molecule has 1 amide bonds. The molecule has 5 nitrogen and oxygen atoms in total. The van der Waals surface area contributed by atoms with Crippen molar-refractivity contribution in [1.29, 1.82) is 5.26 Å². The van der Waals surface area contributed by atoms with E-state index in [1.165, 1.54) is 0 Å². The van der Waals surface area contributed by atoms with E-state index in [0.717, 1.165) is 16.9 Å². The Kier molecular flexibility index (Phi) is 5.60. The fourth-order valence-corrected chi connectivity index (χ4v) is 3.26. The van der Waals surface area contributed by atoms with Crippen LogP contribution in [0.3, 0.4) is 0 Å². The number of rotatable bonds is 4. The summed E-state index contributed by atoms with van der Waals surface area (Å²) in [6.45, 7) is 5.43. The first kappa shape index (κ1) is 18.0. The highest BCUT2D eigenvalue weighted by Gasteiger charge is 2.22. The van der Waals surface area contributed by atoms with Gasteiger partial charge in [-0.3, -0.25) is 4.79 Å². The van der Waals surface area contributed by atoms with Gasteiger partial charge in [-0.1, -0.05) is 17.7 Å². The van der Waals surface area contributed by atoms with Crippen LogP contribution in [0.4, 0.5) is 5.00 Å². The average Bonchev–Trinajstić information content (AvgIpc) is 2.85. The number of thiophene rings is 1. The summed E-state index contributed by atoms with van der Waals surface area (Å²) in [4.78, 5) is 24.6. The zero-order valence-corrected chi connectivity index (χ0v) is 15.0. The Morgan fingerprint density at radius 1 is 1.38 bits per heavy atom. The normalized spacial score (nSPS) is 10.1. The number of carbonyl (C=O) groups is 2. The molecule has 124 valence electrons. The minimum Gasteiger partial charge on any atom is -0.462 e. The topological polar surface area (TPSA) is 79.2 Å². The number of hydrogen-bond acceptors (Lipinski definition) is 5. The number of nitriles is 1. The van der Waals surface area contributed by atoms with Gasteiger partial charge in [0.2, 0.25) is 0 Å². The van der Waals surface area contributed by atoms with Crippen LogP contribution < -0.4 is 5.32 Å². The molecule has 1 N–H and O–H groups in total. The van der Waals surface area contributed by atoms with Crippen molar-refractivity contribution in [2.45, 2.75) is 20.8 Å². The molecule has 0 saturated heterocycles. The second-order valence-electron chi connectivity index (χ2n) is 5.01. The van der Waals surface area contributed by atoms with Gasteiger partial charge in [-0.15, -0.1) is 11.3 Å². The molecule has 0 aliphatic heterocycles. The van der Waals surface area contributed by atoms with E-state index in [-0.39, 0.29) is 12.2 Å². The maximum absolute atomic E-state index is 12.4. The Morgan fingerprint density at radius 3 is 2.67 bits per heavy atom. The Bertz CT molecular complexity index is 852. The van der Waals surface area contributed by atoms with Crippen LogP contribution in [0.25, 0.3) is 0 Å². The predicted molar refractivity (Wildman–Crippen MR) is 93.9 cm³/mol. The largest absolute Gasteiger partial charge is 0.462 e. The maximum atomic E-state index is 12.4. The lowest BCUT2D eigenvalue weighted by Gasteiger charge is -2.05. The second-order valence-corrected chi connectivity index (χ2v) is 6.44. The van der Waals surface area contributed by atoms with Crippen molar-refractivity contribution in [3.05, 3.63) is 50.4 Å². The molecule has 0 fully saturated rings. The number of benzene rings is 1. The number of nitrogens with zero attached hydrogens (tertiary/aromatic N) is 1. The summed E-state index contributed by atoms with van der Waals surface area (Å²) in [6.07, 6.45) is 0. The number of anilines is 1. The van der Waals surface area contributed by atoms with Gasteiger partial charge >= 0.3 is 5.97 Å². The molecule has 1 aromatic heterocycles. The first-order chi connectivity index (χ1) is 11.4. The highest BCUT2D eigenvalue weighted by Crippen LogP contribution is 2.33. The van der Waals surface area contributed by atoms with Gasteiger partial charge in [-0.2, -0.15) is 5.26 Å². The zero-order chi connectivity index (χ0) is 17.9. The smallest absolute Gasteiger partial charge is 0.348 e. The van der Waals surface area contributed by atoms with E-state index in [2.05, 4.69) is 5.32 Å². The Labute approximate surface area is 148 Å². The predicted octanol–water partition coefficient (Wildman–Crippen LogP) is 4.32. The quantitative estimate of drug-likeness (QED) is 0.821. The molecule has 24 heavy (non-hydrogen) atoms. The van der Waals surface area contributed by atoms with Crippen molar-refractivity contribution in [2.24, 2.45) is 0 Å². The number of halogens is 1. The highest BCUT2D eigenvalue weighted by atomic mass is 35.5. The van der Waals surface area contributed by atoms with E-state index in [0.29, 0.717) is 26.0 Å². The number of amides is 1. The maximum Gasteiger partial charge on any atom is 0.348 e. The monoisotopic (exact) mass is 362 g/mol. The molecular formula is C17H15ClN2O3S. The number of esters is 1. The van der Waals surface area contributed by atoms with Crippen molar-refractivity contribution >= 4 is 39.8 Å². The summed E-state index contributed by atoms with van der Waals surface area (Å²) in [7, 11) is 0. The molecule has 0 aliphatic carbocycles. The Hall–Kier alpha value is -2.36. The first-order valence-electron chi connectivity index (χ1n) is 7.17. The average molecular weight is 363 g/mol. The van der Waals surface area contributed by atoms with Crippen molar-refractivity contribution in [3.63, 3.8) is 0 Å². The molecule has 0 radical (unpaired) electrons. The first-order valence-corrected chi connectivity index (χ1v) is 8.36. The summed E-state index contributed by atoms with van der Waals surface area (Å²) in [6, 6.07) is 6.97. The van der Waals surface area contributed by atoms with Crippen LogP contribution >= 0.6 is 22.9 Å². The van der Waals surface area contributed by atoms with Gasteiger partial charge in [0.05, 0.1) is 12.2 Å². The van der Waals surface area contributed by atoms with Crippen LogP contribution in [-0.4, -0.2) is 18.5 Å². The van der Waals surface area contributed by atoms with E-state index in [4.69, 9.17) is 16.3 Å². The molecule has 1 heterocycles. The van der Waals surface area contributed by atoms with E-state index in [1.807, 2.05) is 13.0 Å². The van der Waals surface area contributed by atoms with Gasteiger partial charge in [-0.25, -0.2) is 4.79 Å². The van der Waals surface area contributed by atoms with Gasteiger partial charge in [0, 0.05) is 10.6 Å². The number of aryl methyl sites for hydroxylation is 1. The van der Waals surface area contributed by atoms with Crippen LogP contribution in [0.1, 0.15) is 43.6 Å². The van der Waals surface area contributed by atoms with Crippen LogP contribution in [0.2, 0.25) is 5.02 Å². The minimum absolute atomic E-state index is 0.238. The van der Waals surface area contributed by atoms with E-state index in [9.17, 15) is 14.9 Å². The number of ether oxygens (including phenoxy) is 1. The number of carbonyl (C=O) groups excluding carboxylic acids is 2. The molecule has 0 spiro atoms. The van der Waals surface area contributed by atoms with Gasteiger partial charge in [0.25, 0.3) is 5.91 Å². The molecular weight excluding hydrogens is 348 g/mol. The number of hydrogen-bond donors (Lipinski definition) is 1. The molecule has 0 atom stereocenters. The van der Waals surface area contributed by atoms with Gasteiger partial charge in [0.1, 0.15) is 15.9 Å². The van der Waals surface area contributed by atoms with Crippen LogP contribution in [0, 0.1) is 25.2 Å². The van der Waals surface area contributed by atoms with E-state index in [1.54, 1.807) is 32.0 Å². The lowest BCUT2D eigenvalue weighted by Crippen LogP contribution is -2.11. The summed E-state index contributed by atoms with van der Waals surface area (Å²) in [5, 5.41) is 12.8. The summed E-state index contributed by atoms with van der Waals surface area (Å²) < 4.78 is 4.97. The molecule has 7 heteroatoms.